The highest BCUT2D eigenvalue weighted by atomic mass is 16.5. The molecule has 2 aromatic carbocycles. The second-order valence-electron chi connectivity index (χ2n) is 4.82. The first kappa shape index (κ1) is 15.6. The third-order valence-electron chi connectivity index (χ3n) is 3.09. The lowest BCUT2D eigenvalue weighted by molar-refractivity contribution is -0.123. The quantitative estimate of drug-likeness (QED) is 0.834. The molecule has 0 atom stereocenters. The number of benzene rings is 2. The summed E-state index contributed by atoms with van der Waals surface area (Å²) in [5, 5.41) is 5.39. The number of carbonyl (C=O) groups excluding carboxylic acids is 2. The van der Waals surface area contributed by atoms with Crippen LogP contribution in [0.3, 0.4) is 0 Å². The molecule has 0 aliphatic carbocycles. The van der Waals surface area contributed by atoms with E-state index in [1.54, 1.807) is 37.4 Å². The van der Waals surface area contributed by atoms with E-state index in [1.807, 2.05) is 25.1 Å². The predicted molar refractivity (Wildman–Crippen MR) is 86.0 cm³/mol. The molecule has 0 aliphatic heterocycles. The Bertz CT molecular complexity index is 683. The highest BCUT2D eigenvalue weighted by Gasteiger charge is 2.11. The molecule has 2 aromatic rings. The van der Waals surface area contributed by atoms with Gasteiger partial charge in [-0.2, -0.15) is 0 Å². The van der Waals surface area contributed by atoms with Crippen molar-refractivity contribution in [2.45, 2.75) is 13.3 Å². The van der Waals surface area contributed by atoms with Crippen LogP contribution in [-0.2, 0) is 9.59 Å². The first-order valence-electron chi connectivity index (χ1n) is 6.88. The number of anilines is 2. The molecule has 5 nitrogen and oxygen atoms in total. The van der Waals surface area contributed by atoms with Gasteiger partial charge in [-0.25, -0.2) is 0 Å². The van der Waals surface area contributed by atoms with Crippen molar-refractivity contribution < 1.29 is 14.3 Å². The molecule has 0 aliphatic rings. The van der Waals surface area contributed by atoms with Crippen LogP contribution in [0.5, 0.6) is 5.75 Å². The number of carbonyl (C=O) groups is 2. The lowest BCUT2D eigenvalue weighted by atomic mass is 10.2. The minimum absolute atomic E-state index is 0.244. The number of ether oxygens (including phenoxy) is 1. The van der Waals surface area contributed by atoms with E-state index < -0.39 is 0 Å². The van der Waals surface area contributed by atoms with E-state index in [9.17, 15) is 9.59 Å². The molecule has 0 fully saturated rings. The first-order chi connectivity index (χ1) is 10.6. The number of para-hydroxylation sites is 1. The molecule has 22 heavy (non-hydrogen) atoms. The second kappa shape index (κ2) is 7.26. The molecule has 2 rings (SSSR count). The Kier molecular flexibility index (Phi) is 5.14. The van der Waals surface area contributed by atoms with E-state index in [1.165, 1.54) is 0 Å². The molecule has 0 saturated heterocycles. The SMILES string of the molecule is COc1cccc(NC(=O)CC(=O)Nc2ccccc2C)c1. The van der Waals surface area contributed by atoms with Crippen LogP contribution in [0.1, 0.15) is 12.0 Å². The molecule has 0 spiro atoms. The maximum absolute atomic E-state index is 11.9. The van der Waals surface area contributed by atoms with Crippen LogP contribution < -0.4 is 15.4 Å². The fraction of sp³-hybridized carbons (Fsp3) is 0.176. The van der Waals surface area contributed by atoms with Gasteiger partial charge in [-0.05, 0) is 30.7 Å². The Balaban J connectivity index is 1.91. The number of aryl methyl sites for hydroxylation is 1. The van der Waals surface area contributed by atoms with Gasteiger partial charge in [0.15, 0.2) is 0 Å². The van der Waals surface area contributed by atoms with Crippen molar-refractivity contribution in [3.63, 3.8) is 0 Å². The average Bonchev–Trinajstić information content (AvgIpc) is 2.49. The van der Waals surface area contributed by atoms with Crippen molar-refractivity contribution in [1.82, 2.24) is 0 Å². The predicted octanol–water partition coefficient (Wildman–Crippen LogP) is 2.97. The van der Waals surface area contributed by atoms with Gasteiger partial charge in [0.05, 0.1) is 7.11 Å². The zero-order valence-electron chi connectivity index (χ0n) is 12.6. The molecule has 114 valence electrons. The summed E-state index contributed by atoms with van der Waals surface area (Å²) >= 11 is 0. The lowest BCUT2D eigenvalue weighted by Crippen LogP contribution is -2.21. The molecule has 0 heterocycles. The minimum Gasteiger partial charge on any atom is -0.497 e. The standard InChI is InChI=1S/C17H18N2O3/c1-12-6-3-4-9-15(12)19-17(21)11-16(20)18-13-7-5-8-14(10-13)22-2/h3-10H,11H2,1-2H3,(H,18,20)(H,19,21). The van der Waals surface area contributed by atoms with Gasteiger partial charge < -0.3 is 15.4 Å². The van der Waals surface area contributed by atoms with Crippen molar-refractivity contribution in [2.75, 3.05) is 17.7 Å². The van der Waals surface area contributed by atoms with Crippen LogP contribution in [-0.4, -0.2) is 18.9 Å². The summed E-state index contributed by atoms with van der Waals surface area (Å²) in [5.41, 5.74) is 2.25. The van der Waals surface area contributed by atoms with Gasteiger partial charge in [-0.15, -0.1) is 0 Å². The van der Waals surface area contributed by atoms with Crippen molar-refractivity contribution in [1.29, 1.82) is 0 Å². The minimum atomic E-state index is -0.376. The fourth-order valence-corrected chi connectivity index (χ4v) is 1.96. The fourth-order valence-electron chi connectivity index (χ4n) is 1.96. The first-order valence-corrected chi connectivity index (χ1v) is 6.88. The van der Waals surface area contributed by atoms with E-state index in [4.69, 9.17) is 4.74 Å². The largest absolute Gasteiger partial charge is 0.497 e. The molecule has 5 heteroatoms. The third kappa shape index (κ3) is 4.34. The number of amides is 2. The van der Waals surface area contributed by atoms with Gasteiger partial charge in [0, 0.05) is 17.4 Å². The Morgan fingerprint density at radius 3 is 2.45 bits per heavy atom. The summed E-state index contributed by atoms with van der Waals surface area (Å²) in [6.07, 6.45) is -0.244. The van der Waals surface area contributed by atoms with Gasteiger partial charge in [0.2, 0.25) is 11.8 Å². The van der Waals surface area contributed by atoms with Crippen molar-refractivity contribution in [3.8, 4) is 5.75 Å². The summed E-state index contributed by atoms with van der Waals surface area (Å²) < 4.78 is 5.08. The molecule has 0 saturated carbocycles. The summed E-state index contributed by atoms with van der Waals surface area (Å²) in [5.74, 6) is -0.0869. The van der Waals surface area contributed by atoms with Crippen LogP contribution in [0.25, 0.3) is 0 Å². The maximum Gasteiger partial charge on any atom is 0.233 e. The van der Waals surface area contributed by atoms with E-state index in [-0.39, 0.29) is 18.2 Å². The van der Waals surface area contributed by atoms with Gasteiger partial charge in [-0.3, -0.25) is 9.59 Å². The number of hydrogen-bond acceptors (Lipinski definition) is 3. The molecule has 0 radical (unpaired) electrons. The number of hydrogen-bond donors (Lipinski definition) is 2. The van der Waals surface area contributed by atoms with Crippen LogP contribution in [0.4, 0.5) is 11.4 Å². The number of nitrogens with one attached hydrogen (secondary N) is 2. The average molecular weight is 298 g/mol. The summed E-state index contributed by atoms with van der Waals surface area (Å²) in [7, 11) is 1.55. The highest BCUT2D eigenvalue weighted by Crippen LogP contribution is 2.17. The zero-order chi connectivity index (χ0) is 15.9. The Morgan fingerprint density at radius 2 is 1.73 bits per heavy atom. The normalized spacial score (nSPS) is 9.91. The van der Waals surface area contributed by atoms with Crippen LogP contribution in [0.15, 0.2) is 48.5 Å². The number of rotatable bonds is 5. The van der Waals surface area contributed by atoms with E-state index >= 15 is 0 Å². The Morgan fingerprint density at radius 1 is 1.00 bits per heavy atom. The topological polar surface area (TPSA) is 67.4 Å². The van der Waals surface area contributed by atoms with Crippen LogP contribution >= 0.6 is 0 Å². The van der Waals surface area contributed by atoms with E-state index in [2.05, 4.69) is 10.6 Å². The lowest BCUT2D eigenvalue weighted by Gasteiger charge is -2.09. The zero-order valence-corrected chi connectivity index (χ0v) is 12.6. The van der Waals surface area contributed by atoms with Gasteiger partial charge in [0.25, 0.3) is 0 Å². The Labute approximate surface area is 129 Å². The van der Waals surface area contributed by atoms with Gasteiger partial charge in [-0.1, -0.05) is 24.3 Å². The van der Waals surface area contributed by atoms with Crippen LogP contribution in [0.2, 0.25) is 0 Å². The van der Waals surface area contributed by atoms with Crippen LogP contribution in [0, 0.1) is 6.92 Å². The molecular weight excluding hydrogens is 280 g/mol. The molecule has 0 aromatic heterocycles. The third-order valence-corrected chi connectivity index (χ3v) is 3.09. The smallest absolute Gasteiger partial charge is 0.233 e. The summed E-state index contributed by atoms with van der Waals surface area (Å²) in [6, 6.07) is 14.4. The second-order valence-corrected chi connectivity index (χ2v) is 4.82. The molecule has 0 unspecified atom stereocenters. The summed E-state index contributed by atoms with van der Waals surface area (Å²) in [4.78, 5) is 23.8. The van der Waals surface area contributed by atoms with E-state index in [0.717, 1.165) is 5.56 Å². The Hall–Kier alpha value is -2.82. The van der Waals surface area contributed by atoms with Crippen molar-refractivity contribution in [3.05, 3.63) is 54.1 Å². The summed E-state index contributed by atoms with van der Waals surface area (Å²) in [6.45, 7) is 1.89. The monoisotopic (exact) mass is 298 g/mol. The molecule has 2 amide bonds. The molecule has 2 N–H and O–H groups in total. The molecular formula is C17H18N2O3. The van der Waals surface area contributed by atoms with Crippen molar-refractivity contribution in [2.24, 2.45) is 0 Å². The maximum atomic E-state index is 11.9. The van der Waals surface area contributed by atoms with Gasteiger partial charge in [0.1, 0.15) is 12.2 Å². The number of methoxy groups -OCH3 is 1. The highest BCUT2D eigenvalue weighted by molar-refractivity contribution is 6.08. The van der Waals surface area contributed by atoms with Crippen molar-refractivity contribution >= 4 is 23.2 Å². The van der Waals surface area contributed by atoms with E-state index in [0.29, 0.717) is 17.1 Å². The van der Waals surface area contributed by atoms with Gasteiger partial charge >= 0.3 is 0 Å². The molecule has 0 bridgehead atoms.